The molecular formula is C19H15ClF3N5O3. The highest BCUT2D eigenvalue weighted by molar-refractivity contribution is 6.30. The van der Waals surface area contributed by atoms with Crippen LogP contribution in [-0.4, -0.2) is 38.8 Å². The number of carboxylic acids is 1. The molecule has 0 radical (unpaired) electrons. The largest absolute Gasteiger partial charge is 0.478 e. The van der Waals surface area contributed by atoms with E-state index in [1.54, 1.807) is 24.3 Å². The molecule has 2 aromatic carbocycles. The minimum atomic E-state index is -4.57. The van der Waals surface area contributed by atoms with Crippen LogP contribution >= 0.6 is 11.6 Å². The van der Waals surface area contributed by atoms with Gasteiger partial charge in [0.25, 0.3) is 0 Å². The predicted molar refractivity (Wildman–Crippen MR) is 107 cm³/mol. The van der Waals surface area contributed by atoms with E-state index < -0.39 is 24.8 Å². The lowest BCUT2D eigenvalue weighted by Crippen LogP contribution is -2.21. The molecule has 3 aromatic rings. The molecule has 3 N–H and O–H groups in total. The SMILES string of the molecule is O=C(O)c1ccc(Nc2nc(NCc3ccc(Cl)cc3)nc(OCC(F)(F)F)n2)cc1. The second-order valence-corrected chi connectivity index (χ2v) is 6.59. The van der Waals surface area contributed by atoms with Crippen LogP contribution in [0.1, 0.15) is 15.9 Å². The molecule has 1 heterocycles. The van der Waals surface area contributed by atoms with Crippen molar-refractivity contribution < 1.29 is 27.8 Å². The fourth-order valence-electron chi connectivity index (χ4n) is 2.31. The molecule has 0 fully saturated rings. The number of aromatic carboxylic acids is 1. The van der Waals surface area contributed by atoms with Gasteiger partial charge in [-0.25, -0.2) is 4.79 Å². The fourth-order valence-corrected chi connectivity index (χ4v) is 2.44. The van der Waals surface area contributed by atoms with Gasteiger partial charge in [0.15, 0.2) is 6.61 Å². The van der Waals surface area contributed by atoms with E-state index in [2.05, 4.69) is 30.3 Å². The number of anilines is 3. The highest BCUT2D eigenvalue weighted by Crippen LogP contribution is 2.20. The number of carboxylic acid groups (broad SMARTS) is 1. The van der Waals surface area contributed by atoms with Crippen molar-refractivity contribution >= 4 is 35.2 Å². The number of nitrogens with one attached hydrogen (secondary N) is 2. The Bertz CT molecular complexity index is 1050. The zero-order valence-electron chi connectivity index (χ0n) is 15.7. The number of aromatic nitrogens is 3. The summed E-state index contributed by atoms with van der Waals surface area (Å²) in [6.07, 6.45) is -4.57. The Morgan fingerprint density at radius 3 is 2.26 bits per heavy atom. The molecule has 0 spiro atoms. The van der Waals surface area contributed by atoms with Crippen LogP contribution in [0, 0.1) is 0 Å². The van der Waals surface area contributed by atoms with Gasteiger partial charge in [-0.05, 0) is 42.0 Å². The summed E-state index contributed by atoms with van der Waals surface area (Å²) in [6, 6.07) is 12.0. The summed E-state index contributed by atoms with van der Waals surface area (Å²) in [5.74, 6) is -1.20. The van der Waals surface area contributed by atoms with E-state index >= 15 is 0 Å². The van der Waals surface area contributed by atoms with Gasteiger partial charge in [-0.1, -0.05) is 23.7 Å². The predicted octanol–water partition coefficient (Wildman–Crippen LogP) is 4.52. The van der Waals surface area contributed by atoms with Gasteiger partial charge in [0.05, 0.1) is 5.56 Å². The molecule has 0 saturated carbocycles. The van der Waals surface area contributed by atoms with Crippen LogP contribution in [0.3, 0.4) is 0 Å². The molecule has 0 atom stereocenters. The number of alkyl halides is 3. The lowest BCUT2D eigenvalue weighted by Gasteiger charge is -2.12. The standard InChI is InChI=1S/C19H15ClF3N5O3/c20-13-5-1-11(2-6-13)9-24-16-26-17(28-18(27-16)31-10-19(21,22)23)25-14-7-3-12(4-8-14)15(29)30/h1-8H,9-10H2,(H,29,30)(H2,24,25,26,27,28). The van der Waals surface area contributed by atoms with E-state index in [9.17, 15) is 18.0 Å². The molecule has 0 amide bonds. The van der Waals surface area contributed by atoms with E-state index in [0.29, 0.717) is 10.7 Å². The molecule has 162 valence electrons. The Morgan fingerprint density at radius 2 is 1.65 bits per heavy atom. The Hall–Kier alpha value is -3.60. The first-order valence-corrected chi connectivity index (χ1v) is 9.10. The number of benzene rings is 2. The van der Waals surface area contributed by atoms with Crippen molar-refractivity contribution in [2.24, 2.45) is 0 Å². The topological polar surface area (TPSA) is 109 Å². The maximum Gasteiger partial charge on any atom is 0.422 e. The highest BCUT2D eigenvalue weighted by Gasteiger charge is 2.29. The summed E-state index contributed by atoms with van der Waals surface area (Å²) < 4.78 is 42.2. The van der Waals surface area contributed by atoms with Gasteiger partial charge in [0.2, 0.25) is 11.9 Å². The maximum atomic E-state index is 12.5. The lowest BCUT2D eigenvalue weighted by atomic mass is 10.2. The van der Waals surface area contributed by atoms with Gasteiger partial charge in [-0.3, -0.25) is 0 Å². The van der Waals surface area contributed by atoms with Gasteiger partial charge < -0.3 is 20.5 Å². The number of halogens is 4. The van der Waals surface area contributed by atoms with E-state index in [4.69, 9.17) is 16.7 Å². The van der Waals surface area contributed by atoms with Crippen molar-refractivity contribution in [3.05, 3.63) is 64.7 Å². The van der Waals surface area contributed by atoms with Crippen molar-refractivity contribution in [1.82, 2.24) is 15.0 Å². The molecule has 0 saturated heterocycles. The molecule has 12 heteroatoms. The number of nitrogens with zero attached hydrogens (tertiary/aromatic N) is 3. The molecule has 0 unspecified atom stereocenters. The van der Waals surface area contributed by atoms with Crippen LogP contribution in [0.2, 0.25) is 5.02 Å². The summed E-state index contributed by atoms with van der Waals surface area (Å²) in [6.45, 7) is -1.30. The minimum absolute atomic E-state index is 0.0215. The second kappa shape index (κ2) is 9.47. The van der Waals surface area contributed by atoms with Crippen LogP contribution in [-0.2, 0) is 6.54 Å². The first kappa shape index (κ1) is 22.1. The van der Waals surface area contributed by atoms with Crippen LogP contribution in [0.15, 0.2) is 48.5 Å². The second-order valence-electron chi connectivity index (χ2n) is 6.16. The zero-order valence-corrected chi connectivity index (χ0v) is 16.4. The third-order valence-electron chi connectivity index (χ3n) is 3.73. The van der Waals surface area contributed by atoms with Crippen LogP contribution in [0.25, 0.3) is 0 Å². The van der Waals surface area contributed by atoms with Crippen molar-refractivity contribution in [3.63, 3.8) is 0 Å². The van der Waals surface area contributed by atoms with Crippen LogP contribution < -0.4 is 15.4 Å². The number of ether oxygens (including phenoxy) is 1. The van der Waals surface area contributed by atoms with Crippen molar-refractivity contribution in [1.29, 1.82) is 0 Å². The summed E-state index contributed by atoms with van der Waals surface area (Å²) in [5, 5.41) is 15.2. The summed E-state index contributed by atoms with van der Waals surface area (Å²) in [7, 11) is 0. The first-order valence-electron chi connectivity index (χ1n) is 8.72. The molecule has 0 aliphatic carbocycles. The Labute approximate surface area is 179 Å². The molecule has 1 aromatic heterocycles. The van der Waals surface area contributed by atoms with E-state index in [0.717, 1.165) is 5.56 Å². The minimum Gasteiger partial charge on any atom is -0.478 e. The molecule has 31 heavy (non-hydrogen) atoms. The highest BCUT2D eigenvalue weighted by atomic mass is 35.5. The monoisotopic (exact) mass is 453 g/mol. The number of hydrogen-bond acceptors (Lipinski definition) is 7. The molecular weight excluding hydrogens is 439 g/mol. The Kier molecular flexibility index (Phi) is 6.75. The van der Waals surface area contributed by atoms with Crippen molar-refractivity contribution in [3.8, 4) is 6.01 Å². The van der Waals surface area contributed by atoms with E-state index in [-0.39, 0.29) is 24.0 Å². The molecule has 8 nitrogen and oxygen atoms in total. The normalized spacial score (nSPS) is 11.1. The summed E-state index contributed by atoms with van der Waals surface area (Å²) in [5.41, 5.74) is 1.32. The summed E-state index contributed by atoms with van der Waals surface area (Å²) >= 11 is 5.84. The molecule has 0 aliphatic rings. The van der Waals surface area contributed by atoms with Gasteiger partial charge in [-0.15, -0.1) is 0 Å². The van der Waals surface area contributed by atoms with E-state index in [1.807, 2.05) is 0 Å². The van der Waals surface area contributed by atoms with Gasteiger partial charge in [0, 0.05) is 17.3 Å². The number of rotatable bonds is 8. The van der Waals surface area contributed by atoms with Gasteiger partial charge in [-0.2, -0.15) is 28.1 Å². The lowest BCUT2D eigenvalue weighted by molar-refractivity contribution is -0.154. The third kappa shape index (κ3) is 7.00. The first-order chi connectivity index (χ1) is 14.7. The summed E-state index contributed by atoms with van der Waals surface area (Å²) in [4.78, 5) is 22.7. The Balaban J connectivity index is 1.79. The average Bonchev–Trinajstić information content (AvgIpc) is 2.72. The average molecular weight is 454 g/mol. The van der Waals surface area contributed by atoms with Gasteiger partial charge in [0.1, 0.15) is 0 Å². The molecule has 3 rings (SSSR count). The fraction of sp³-hybridized carbons (Fsp3) is 0.158. The van der Waals surface area contributed by atoms with Crippen LogP contribution in [0.4, 0.5) is 30.8 Å². The van der Waals surface area contributed by atoms with E-state index in [1.165, 1.54) is 24.3 Å². The zero-order chi connectivity index (χ0) is 22.4. The number of carbonyl (C=O) groups is 1. The Morgan fingerprint density at radius 1 is 1.00 bits per heavy atom. The van der Waals surface area contributed by atoms with Crippen molar-refractivity contribution in [2.45, 2.75) is 12.7 Å². The maximum absolute atomic E-state index is 12.5. The third-order valence-corrected chi connectivity index (χ3v) is 3.98. The molecule has 0 bridgehead atoms. The van der Waals surface area contributed by atoms with Gasteiger partial charge >= 0.3 is 18.2 Å². The smallest absolute Gasteiger partial charge is 0.422 e. The molecule has 0 aliphatic heterocycles. The van der Waals surface area contributed by atoms with Crippen LogP contribution in [0.5, 0.6) is 6.01 Å². The quantitative estimate of drug-likeness (QED) is 0.456. The number of hydrogen-bond donors (Lipinski definition) is 3. The van der Waals surface area contributed by atoms with Crippen molar-refractivity contribution in [2.75, 3.05) is 17.2 Å².